The molecule has 0 aromatic heterocycles. The van der Waals surface area contributed by atoms with Gasteiger partial charge in [-0.05, 0) is 37.1 Å². The first-order valence-electron chi connectivity index (χ1n) is 8.13. The molecule has 1 unspecified atom stereocenters. The molecule has 2 rings (SSSR count). The zero-order valence-corrected chi connectivity index (χ0v) is 14.6. The van der Waals surface area contributed by atoms with Crippen molar-refractivity contribution in [1.29, 1.82) is 0 Å². The normalized spacial score (nSPS) is 11.3. The predicted molar refractivity (Wildman–Crippen MR) is 94.1 cm³/mol. The lowest BCUT2D eigenvalue weighted by Crippen LogP contribution is -2.47. The number of carbonyl (C=O) groups excluding carboxylic acids is 2. The fraction of sp³-hybridized carbons (Fsp3) is 0.263. The number of ether oxygens (including phenoxy) is 2. The van der Waals surface area contributed by atoms with Crippen LogP contribution in [0.5, 0.6) is 11.5 Å². The van der Waals surface area contributed by atoms with Gasteiger partial charge in [-0.2, -0.15) is 0 Å². The minimum absolute atomic E-state index is 0.0300. The van der Waals surface area contributed by atoms with E-state index in [0.29, 0.717) is 12.2 Å². The average molecular weight is 360 g/mol. The summed E-state index contributed by atoms with van der Waals surface area (Å²) < 4.78 is 24.0. The first-order valence-corrected chi connectivity index (χ1v) is 8.13. The number of hydrogen-bond donors (Lipinski definition) is 2. The van der Waals surface area contributed by atoms with Crippen LogP contribution in [0.4, 0.5) is 4.39 Å². The van der Waals surface area contributed by atoms with Crippen molar-refractivity contribution in [3.63, 3.8) is 0 Å². The molecule has 1 atom stereocenters. The van der Waals surface area contributed by atoms with Crippen LogP contribution in [0, 0.1) is 5.82 Å². The van der Waals surface area contributed by atoms with E-state index in [1.807, 2.05) is 24.3 Å². The van der Waals surface area contributed by atoms with Crippen LogP contribution in [0.15, 0.2) is 48.5 Å². The third-order valence-electron chi connectivity index (χ3n) is 3.65. The van der Waals surface area contributed by atoms with Crippen molar-refractivity contribution < 1.29 is 23.5 Å². The van der Waals surface area contributed by atoms with Crippen LogP contribution < -0.4 is 20.3 Å². The van der Waals surface area contributed by atoms with Crippen LogP contribution >= 0.6 is 0 Å². The quantitative estimate of drug-likeness (QED) is 0.744. The van der Waals surface area contributed by atoms with Crippen molar-refractivity contribution in [2.24, 2.45) is 0 Å². The summed E-state index contributed by atoms with van der Waals surface area (Å²) in [5.74, 6) is -0.830. The third-order valence-corrected chi connectivity index (χ3v) is 3.65. The van der Waals surface area contributed by atoms with E-state index >= 15 is 0 Å². The number of nitrogens with one attached hydrogen (secondary N) is 2. The molecule has 0 fully saturated rings. The van der Waals surface area contributed by atoms with Gasteiger partial charge in [-0.25, -0.2) is 4.39 Å². The van der Waals surface area contributed by atoms with Crippen molar-refractivity contribution >= 4 is 11.8 Å². The molecule has 0 heterocycles. The van der Waals surface area contributed by atoms with Crippen molar-refractivity contribution in [2.75, 3.05) is 7.11 Å². The molecule has 0 saturated heterocycles. The minimum atomic E-state index is -0.971. The Bertz CT molecular complexity index is 767. The second-order valence-electron chi connectivity index (χ2n) is 5.54. The maximum atomic E-state index is 13.5. The first-order chi connectivity index (χ1) is 12.5. The van der Waals surface area contributed by atoms with E-state index in [1.54, 1.807) is 13.2 Å². The van der Waals surface area contributed by atoms with E-state index in [-0.39, 0.29) is 18.1 Å². The topological polar surface area (TPSA) is 76.7 Å². The lowest BCUT2D eigenvalue weighted by atomic mass is 10.1. The van der Waals surface area contributed by atoms with Crippen LogP contribution in [0.2, 0.25) is 0 Å². The zero-order valence-electron chi connectivity index (χ0n) is 14.6. The number of halogens is 1. The molecule has 0 bridgehead atoms. The van der Waals surface area contributed by atoms with Gasteiger partial charge in [-0.3, -0.25) is 20.4 Å². The van der Waals surface area contributed by atoms with Crippen LogP contribution in [0.25, 0.3) is 0 Å². The Hall–Kier alpha value is -3.09. The number of amides is 2. The fourth-order valence-electron chi connectivity index (χ4n) is 2.24. The monoisotopic (exact) mass is 360 g/mol. The van der Waals surface area contributed by atoms with Gasteiger partial charge in [0, 0.05) is 6.42 Å². The molecule has 26 heavy (non-hydrogen) atoms. The number of hydrazine groups is 1. The van der Waals surface area contributed by atoms with Crippen LogP contribution in [0.3, 0.4) is 0 Å². The highest BCUT2D eigenvalue weighted by molar-refractivity contribution is 5.84. The molecule has 2 aromatic carbocycles. The molecule has 0 aliphatic rings. The predicted octanol–water partition coefficient (Wildman–Crippen LogP) is 2.38. The molecule has 2 amide bonds. The number of aryl methyl sites for hydroxylation is 1. The van der Waals surface area contributed by atoms with Gasteiger partial charge < -0.3 is 9.47 Å². The van der Waals surface area contributed by atoms with Crippen molar-refractivity contribution in [3.05, 3.63) is 59.9 Å². The Labute approximate surface area is 151 Å². The fourth-order valence-corrected chi connectivity index (χ4v) is 2.24. The maximum Gasteiger partial charge on any atom is 0.279 e. The average Bonchev–Trinajstić information content (AvgIpc) is 2.66. The van der Waals surface area contributed by atoms with E-state index in [2.05, 4.69) is 10.9 Å². The Morgan fingerprint density at radius 3 is 2.38 bits per heavy atom. The number of methoxy groups -OCH3 is 1. The summed E-state index contributed by atoms with van der Waals surface area (Å²) in [6.45, 7) is 1.46. The summed E-state index contributed by atoms with van der Waals surface area (Å²) in [7, 11) is 1.57. The Kier molecular flexibility index (Phi) is 6.96. The number of hydrogen-bond acceptors (Lipinski definition) is 4. The minimum Gasteiger partial charge on any atom is -0.496 e. The van der Waals surface area contributed by atoms with Gasteiger partial charge in [0.15, 0.2) is 17.7 Å². The van der Waals surface area contributed by atoms with Gasteiger partial charge in [0.1, 0.15) is 5.75 Å². The van der Waals surface area contributed by atoms with Gasteiger partial charge in [0.05, 0.1) is 7.11 Å². The number of para-hydroxylation sites is 2. The van der Waals surface area contributed by atoms with E-state index in [4.69, 9.17) is 9.47 Å². The van der Waals surface area contributed by atoms with Gasteiger partial charge in [0.25, 0.3) is 5.91 Å². The lowest BCUT2D eigenvalue weighted by Gasteiger charge is -2.15. The summed E-state index contributed by atoms with van der Waals surface area (Å²) in [4.78, 5) is 23.8. The summed E-state index contributed by atoms with van der Waals surface area (Å²) in [6, 6.07) is 13.2. The maximum absolute atomic E-state index is 13.5. The van der Waals surface area contributed by atoms with Crippen LogP contribution in [-0.4, -0.2) is 25.0 Å². The van der Waals surface area contributed by atoms with Crippen LogP contribution in [-0.2, 0) is 16.0 Å². The van der Waals surface area contributed by atoms with Gasteiger partial charge >= 0.3 is 0 Å². The lowest BCUT2D eigenvalue weighted by molar-refractivity contribution is -0.132. The van der Waals surface area contributed by atoms with E-state index in [0.717, 1.165) is 5.56 Å². The standard InChI is InChI=1S/C19H21FN2O4/c1-13(26-17-10-6-4-8-15(17)20)19(24)22-21-18(23)12-11-14-7-3-5-9-16(14)25-2/h3-10,13H,11-12H2,1-2H3,(H,21,23)(H,22,24). The van der Waals surface area contributed by atoms with Gasteiger partial charge in [-0.15, -0.1) is 0 Å². The molecule has 6 nitrogen and oxygen atoms in total. The van der Waals surface area contributed by atoms with E-state index in [9.17, 15) is 14.0 Å². The molecule has 0 aliphatic carbocycles. The molecular weight excluding hydrogens is 339 g/mol. The molecule has 0 spiro atoms. The summed E-state index contributed by atoms with van der Waals surface area (Å²) in [6.07, 6.45) is -0.336. The second-order valence-corrected chi connectivity index (χ2v) is 5.54. The Balaban J connectivity index is 1.77. The SMILES string of the molecule is COc1ccccc1CCC(=O)NNC(=O)C(C)Oc1ccccc1F. The first kappa shape index (κ1) is 19.2. The second kappa shape index (κ2) is 9.41. The third kappa shape index (κ3) is 5.47. The summed E-state index contributed by atoms with van der Waals surface area (Å²) in [5.41, 5.74) is 5.48. The number of carbonyl (C=O) groups is 2. The molecule has 7 heteroatoms. The van der Waals surface area contributed by atoms with Crippen LogP contribution in [0.1, 0.15) is 18.9 Å². The van der Waals surface area contributed by atoms with Crippen molar-refractivity contribution in [2.45, 2.75) is 25.9 Å². The van der Waals surface area contributed by atoms with Crippen molar-refractivity contribution in [1.82, 2.24) is 10.9 Å². The summed E-state index contributed by atoms with van der Waals surface area (Å²) in [5, 5.41) is 0. The smallest absolute Gasteiger partial charge is 0.279 e. The largest absolute Gasteiger partial charge is 0.496 e. The molecule has 0 saturated carbocycles. The molecule has 2 N–H and O–H groups in total. The van der Waals surface area contributed by atoms with Gasteiger partial charge in [-0.1, -0.05) is 30.3 Å². The zero-order chi connectivity index (χ0) is 18.9. The molecule has 138 valence electrons. The van der Waals surface area contributed by atoms with E-state index < -0.39 is 17.8 Å². The highest BCUT2D eigenvalue weighted by Crippen LogP contribution is 2.19. The van der Waals surface area contributed by atoms with Gasteiger partial charge in [0.2, 0.25) is 5.91 Å². The Morgan fingerprint density at radius 1 is 1.04 bits per heavy atom. The molecule has 2 aromatic rings. The number of rotatable bonds is 7. The highest BCUT2D eigenvalue weighted by atomic mass is 19.1. The molecular formula is C19H21FN2O4. The van der Waals surface area contributed by atoms with E-state index in [1.165, 1.54) is 25.1 Å². The Morgan fingerprint density at radius 2 is 1.69 bits per heavy atom. The van der Waals surface area contributed by atoms with Crippen molar-refractivity contribution in [3.8, 4) is 11.5 Å². The number of benzene rings is 2. The molecule has 0 aliphatic heterocycles. The highest BCUT2D eigenvalue weighted by Gasteiger charge is 2.17. The molecule has 0 radical (unpaired) electrons. The summed E-state index contributed by atoms with van der Waals surface area (Å²) >= 11 is 0.